The number of carbonyl (C=O) groups is 2. The molecule has 1 aromatic carbocycles. The molecule has 2 amide bonds. The van der Waals surface area contributed by atoms with Crippen LogP contribution in [0.1, 0.15) is 23.4 Å². The summed E-state index contributed by atoms with van der Waals surface area (Å²) < 4.78 is 28.3. The molecule has 7 nitrogen and oxygen atoms in total. The number of hydrazine groups is 1. The summed E-state index contributed by atoms with van der Waals surface area (Å²) in [5.74, 6) is -0.712. The van der Waals surface area contributed by atoms with E-state index in [2.05, 4.69) is 10.9 Å². The smallest absolute Gasteiger partial charge is 0.305 e. The highest BCUT2D eigenvalue weighted by Gasteiger charge is 2.29. The summed E-state index contributed by atoms with van der Waals surface area (Å²) in [6, 6.07) is 10.1. The second-order valence-corrected chi connectivity index (χ2v) is 8.76. The number of hydrogen-bond acceptors (Lipinski definition) is 5. The predicted octanol–water partition coefficient (Wildman–Crippen LogP) is 2.19. The van der Waals surface area contributed by atoms with Gasteiger partial charge in [0.15, 0.2) is 15.6 Å². The molecule has 1 aliphatic rings. The number of nitrogens with one attached hydrogen (secondary N) is 2. The summed E-state index contributed by atoms with van der Waals surface area (Å²) in [6.45, 7) is 0. The number of benzene rings is 1. The summed E-state index contributed by atoms with van der Waals surface area (Å²) in [5.41, 5.74) is 5.19. The average Bonchev–Trinajstić information content (AvgIpc) is 3.20. The van der Waals surface area contributed by atoms with Gasteiger partial charge in [-0.3, -0.25) is 20.4 Å². The van der Waals surface area contributed by atoms with E-state index in [-0.39, 0.29) is 29.6 Å². The van der Waals surface area contributed by atoms with Crippen molar-refractivity contribution < 1.29 is 22.4 Å². The van der Waals surface area contributed by atoms with Gasteiger partial charge in [-0.25, -0.2) is 8.42 Å². The number of hydrogen-bond donors (Lipinski definition) is 2. The molecule has 1 atom stereocenters. The van der Waals surface area contributed by atoms with Gasteiger partial charge in [-0.15, -0.1) is 0 Å². The molecule has 9 heteroatoms. The Balaban J connectivity index is 1.54. The maximum atomic E-state index is 12.1. The number of rotatable bonds is 4. The summed E-state index contributed by atoms with van der Waals surface area (Å²) in [7, 11) is -3.04. The van der Waals surface area contributed by atoms with Crippen molar-refractivity contribution in [1.82, 2.24) is 10.9 Å². The standard InChI is InChI=1S/C17H17ClN2O5S/c18-13-4-2-1-3-12(13)14-5-6-15(25-14)17(22)20-19-16(21)9-11-7-8-26(23,24)10-11/h1-6,11H,7-10H2,(H,19,21)(H,20,22)/t11-/m0/s1. The fourth-order valence-electron chi connectivity index (χ4n) is 2.80. The third-order valence-corrected chi connectivity index (χ3v) is 6.25. The van der Waals surface area contributed by atoms with E-state index in [1.807, 2.05) is 0 Å². The molecule has 1 fully saturated rings. The van der Waals surface area contributed by atoms with E-state index in [1.54, 1.807) is 30.3 Å². The van der Waals surface area contributed by atoms with Gasteiger partial charge >= 0.3 is 5.91 Å². The summed E-state index contributed by atoms with van der Waals surface area (Å²) in [6.07, 6.45) is 0.506. The SMILES string of the molecule is O=C(C[C@@H]1CCS(=O)(=O)C1)NNC(=O)c1ccc(-c2ccccc2Cl)o1. The van der Waals surface area contributed by atoms with Gasteiger partial charge < -0.3 is 4.42 Å². The molecule has 138 valence electrons. The number of sulfone groups is 1. The van der Waals surface area contributed by atoms with Crippen LogP contribution in [0.25, 0.3) is 11.3 Å². The van der Waals surface area contributed by atoms with Gasteiger partial charge in [0.1, 0.15) is 5.76 Å². The van der Waals surface area contributed by atoms with Crippen molar-refractivity contribution >= 4 is 33.3 Å². The largest absolute Gasteiger partial charge is 0.451 e. The lowest BCUT2D eigenvalue weighted by molar-refractivity contribution is -0.122. The summed E-state index contributed by atoms with van der Waals surface area (Å²) in [5, 5.41) is 0.494. The van der Waals surface area contributed by atoms with E-state index >= 15 is 0 Å². The zero-order chi connectivity index (χ0) is 18.7. The van der Waals surface area contributed by atoms with Crippen LogP contribution in [0, 0.1) is 5.92 Å². The monoisotopic (exact) mass is 396 g/mol. The number of amides is 2. The second kappa shape index (κ2) is 7.51. The topological polar surface area (TPSA) is 105 Å². The lowest BCUT2D eigenvalue weighted by Gasteiger charge is -2.09. The Morgan fingerprint density at radius 3 is 2.62 bits per heavy atom. The minimum absolute atomic E-state index is 0.00768. The van der Waals surface area contributed by atoms with E-state index in [0.29, 0.717) is 22.8 Å². The average molecular weight is 397 g/mol. The number of carbonyl (C=O) groups excluding carboxylic acids is 2. The Kier molecular flexibility index (Phi) is 5.33. The third-order valence-electron chi connectivity index (χ3n) is 4.09. The van der Waals surface area contributed by atoms with Crippen LogP contribution < -0.4 is 10.9 Å². The highest BCUT2D eigenvalue weighted by molar-refractivity contribution is 7.91. The second-order valence-electron chi connectivity index (χ2n) is 6.12. The zero-order valence-corrected chi connectivity index (χ0v) is 15.3. The molecule has 0 saturated carbocycles. The van der Waals surface area contributed by atoms with Crippen molar-refractivity contribution in [3.8, 4) is 11.3 Å². The molecule has 1 aliphatic heterocycles. The fourth-order valence-corrected chi connectivity index (χ4v) is 4.89. The first-order chi connectivity index (χ1) is 12.3. The maximum Gasteiger partial charge on any atom is 0.305 e. The van der Waals surface area contributed by atoms with Gasteiger partial charge in [0.05, 0.1) is 16.5 Å². The van der Waals surface area contributed by atoms with Crippen molar-refractivity contribution in [3.63, 3.8) is 0 Å². The van der Waals surface area contributed by atoms with Gasteiger partial charge in [-0.1, -0.05) is 23.7 Å². The van der Waals surface area contributed by atoms with Crippen molar-refractivity contribution in [3.05, 3.63) is 47.2 Å². The van der Waals surface area contributed by atoms with Crippen molar-refractivity contribution in [2.45, 2.75) is 12.8 Å². The Morgan fingerprint density at radius 2 is 1.92 bits per heavy atom. The van der Waals surface area contributed by atoms with Crippen LogP contribution in [-0.4, -0.2) is 31.7 Å². The minimum Gasteiger partial charge on any atom is -0.451 e. The summed E-state index contributed by atoms with van der Waals surface area (Å²) >= 11 is 6.09. The van der Waals surface area contributed by atoms with E-state index in [9.17, 15) is 18.0 Å². The molecular formula is C17H17ClN2O5S. The lowest BCUT2D eigenvalue weighted by atomic mass is 10.1. The molecule has 1 saturated heterocycles. The molecule has 2 aromatic rings. The first kappa shape index (κ1) is 18.5. The van der Waals surface area contributed by atoms with Crippen molar-refractivity contribution in [1.29, 1.82) is 0 Å². The number of furan rings is 1. The van der Waals surface area contributed by atoms with Crippen LogP contribution in [0.2, 0.25) is 5.02 Å². The molecule has 0 bridgehead atoms. The van der Waals surface area contributed by atoms with Crippen LogP contribution in [0.3, 0.4) is 0 Å². The zero-order valence-electron chi connectivity index (χ0n) is 13.7. The molecule has 0 unspecified atom stereocenters. The van der Waals surface area contributed by atoms with Crippen LogP contribution in [0.4, 0.5) is 0 Å². The Labute approximate surface area is 155 Å². The third kappa shape index (κ3) is 4.44. The van der Waals surface area contributed by atoms with E-state index in [1.165, 1.54) is 6.07 Å². The molecule has 3 rings (SSSR count). The van der Waals surface area contributed by atoms with Crippen molar-refractivity contribution in [2.24, 2.45) is 5.92 Å². The Morgan fingerprint density at radius 1 is 1.15 bits per heavy atom. The van der Waals surface area contributed by atoms with Gasteiger partial charge in [0, 0.05) is 12.0 Å². The predicted molar refractivity (Wildman–Crippen MR) is 96.1 cm³/mol. The van der Waals surface area contributed by atoms with E-state index < -0.39 is 21.7 Å². The molecule has 0 spiro atoms. The molecule has 0 radical (unpaired) electrons. The number of halogens is 1. The summed E-state index contributed by atoms with van der Waals surface area (Å²) in [4.78, 5) is 23.9. The normalized spacial score (nSPS) is 18.4. The van der Waals surface area contributed by atoms with Crippen LogP contribution >= 0.6 is 11.6 Å². The van der Waals surface area contributed by atoms with Gasteiger partial charge in [-0.2, -0.15) is 0 Å². The van der Waals surface area contributed by atoms with Gasteiger partial charge in [0.2, 0.25) is 5.91 Å². The highest BCUT2D eigenvalue weighted by atomic mass is 35.5. The first-order valence-electron chi connectivity index (χ1n) is 7.98. The van der Waals surface area contributed by atoms with Gasteiger partial charge in [-0.05, 0) is 36.6 Å². The van der Waals surface area contributed by atoms with Crippen LogP contribution in [0.5, 0.6) is 0 Å². The Bertz CT molecular complexity index is 938. The van der Waals surface area contributed by atoms with Crippen LogP contribution in [0.15, 0.2) is 40.8 Å². The molecule has 1 aromatic heterocycles. The lowest BCUT2D eigenvalue weighted by Crippen LogP contribution is -2.42. The minimum atomic E-state index is -3.04. The quantitative estimate of drug-likeness (QED) is 0.770. The van der Waals surface area contributed by atoms with E-state index in [0.717, 1.165) is 0 Å². The highest BCUT2D eigenvalue weighted by Crippen LogP contribution is 2.29. The molecular weight excluding hydrogens is 380 g/mol. The Hall–Kier alpha value is -2.32. The van der Waals surface area contributed by atoms with E-state index in [4.69, 9.17) is 16.0 Å². The fraction of sp³-hybridized carbons (Fsp3) is 0.294. The molecule has 0 aliphatic carbocycles. The first-order valence-corrected chi connectivity index (χ1v) is 10.2. The molecule has 2 heterocycles. The maximum absolute atomic E-state index is 12.1. The van der Waals surface area contributed by atoms with Crippen LogP contribution in [-0.2, 0) is 14.6 Å². The molecule has 26 heavy (non-hydrogen) atoms. The van der Waals surface area contributed by atoms with Gasteiger partial charge in [0.25, 0.3) is 0 Å². The molecule has 2 N–H and O–H groups in total. The van der Waals surface area contributed by atoms with Crippen molar-refractivity contribution in [2.75, 3.05) is 11.5 Å².